The number of benzene rings is 5. The molecule has 2 aliphatic heterocycles. The summed E-state index contributed by atoms with van der Waals surface area (Å²) in [6.07, 6.45) is 0. The Hall–Kier alpha value is -3.82. The van der Waals surface area contributed by atoms with Gasteiger partial charge in [0, 0.05) is 26.4 Å². The van der Waals surface area contributed by atoms with Gasteiger partial charge in [0.2, 0.25) is 0 Å². The van der Waals surface area contributed by atoms with Crippen molar-refractivity contribution >= 4 is 37.7 Å². The number of hydrogen-bond donors (Lipinski definition) is 0. The van der Waals surface area contributed by atoms with Crippen LogP contribution in [0.1, 0.15) is 22.3 Å². The van der Waals surface area contributed by atoms with E-state index in [2.05, 4.69) is 130 Å². The third-order valence-corrected chi connectivity index (χ3v) is 8.00. The molecule has 0 fully saturated rings. The molecule has 1 spiro atoms. The molecule has 34 heavy (non-hydrogen) atoms. The van der Waals surface area contributed by atoms with Crippen LogP contribution in [0.25, 0.3) is 27.5 Å². The number of hydrogen-bond acceptors (Lipinski definition) is 1. The topological polar surface area (TPSA) is 14.2 Å². The Kier molecular flexibility index (Phi) is 3.50. The molecule has 3 heterocycles. The smallest absolute Gasteiger partial charge is 0.132 e. The Morgan fingerprint density at radius 1 is 0.588 bits per heavy atom. The summed E-state index contributed by atoms with van der Waals surface area (Å²) < 4.78 is 10.00. The molecule has 1 aromatic heterocycles. The highest BCUT2D eigenvalue weighted by Crippen LogP contribution is 2.60. The summed E-state index contributed by atoms with van der Waals surface area (Å²) >= 11 is 3.71. The summed E-state index contributed by atoms with van der Waals surface area (Å²) in [4.78, 5) is 0. The summed E-state index contributed by atoms with van der Waals surface area (Å²) in [6, 6.07) is 39.3. The number of halogens is 1. The van der Waals surface area contributed by atoms with Gasteiger partial charge in [-0.1, -0.05) is 94.8 Å². The molecule has 0 radical (unpaired) electrons. The molecule has 2 aliphatic rings. The standard InChI is InChI=1S/C31H18BrNO/c32-19-16-17-20-21-8-7-12-25-30(21)33(27(20)18-19)26-13-4-1-9-22(26)31(25)23-10-2-5-14-28(23)34-29-15-6-3-11-24(29)31/h1-18H. The minimum Gasteiger partial charge on any atom is -0.457 e. The van der Waals surface area contributed by atoms with Gasteiger partial charge >= 0.3 is 0 Å². The van der Waals surface area contributed by atoms with Gasteiger partial charge in [0.05, 0.1) is 22.1 Å². The van der Waals surface area contributed by atoms with Crippen molar-refractivity contribution in [2.45, 2.75) is 5.41 Å². The lowest BCUT2D eigenvalue weighted by Gasteiger charge is -2.44. The molecule has 0 atom stereocenters. The maximum atomic E-state index is 6.47. The summed E-state index contributed by atoms with van der Waals surface area (Å²) in [7, 11) is 0. The number of fused-ring (bicyclic) bond motifs is 11. The molecule has 3 heteroatoms. The van der Waals surface area contributed by atoms with E-state index in [9.17, 15) is 0 Å². The lowest BCUT2D eigenvalue weighted by atomic mass is 9.62. The van der Waals surface area contributed by atoms with E-state index in [1.165, 1.54) is 49.7 Å². The van der Waals surface area contributed by atoms with Gasteiger partial charge in [-0.05, 0) is 41.5 Å². The number of ether oxygens (including phenoxy) is 1. The van der Waals surface area contributed by atoms with Crippen molar-refractivity contribution in [1.82, 2.24) is 4.57 Å². The first-order valence-electron chi connectivity index (χ1n) is 11.5. The zero-order valence-electron chi connectivity index (χ0n) is 18.1. The SMILES string of the molecule is Brc1ccc2c3cccc4c3n(c2c1)-c1ccccc1C41c2ccccc2Oc2ccccc21. The van der Waals surface area contributed by atoms with E-state index in [0.717, 1.165) is 16.0 Å². The van der Waals surface area contributed by atoms with Crippen LogP contribution in [0.3, 0.4) is 0 Å². The average Bonchev–Trinajstić information content (AvgIpc) is 3.21. The van der Waals surface area contributed by atoms with Crippen LogP contribution in [-0.4, -0.2) is 4.57 Å². The number of aromatic nitrogens is 1. The van der Waals surface area contributed by atoms with Crippen LogP contribution in [0, 0.1) is 0 Å². The molecule has 0 aliphatic carbocycles. The molecular formula is C31H18BrNO. The maximum absolute atomic E-state index is 6.47. The summed E-state index contributed by atoms with van der Waals surface area (Å²) in [5, 5.41) is 2.54. The van der Waals surface area contributed by atoms with Crippen molar-refractivity contribution in [2.24, 2.45) is 0 Å². The quantitative estimate of drug-likeness (QED) is 0.204. The minimum absolute atomic E-state index is 0.469. The highest BCUT2D eigenvalue weighted by atomic mass is 79.9. The van der Waals surface area contributed by atoms with Gasteiger partial charge in [-0.2, -0.15) is 0 Å². The van der Waals surface area contributed by atoms with Gasteiger partial charge in [0.1, 0.15) is 11.5 Å². The van der Waals surface area contributed by atoms with Crippen LogP contribution >= 0.6 is 15.9 Å². The Morgan fingerprint density at radius 3 is 2.00 bits per heavy atom. The second kappa shape index (κ2) is 6.40. The van der Waals surface area contributed by atoms with E-state index in [0.29, 0.717) is 0 Å². The fourth-order valence-corrected chi connectivity index (χ4v) is 6.65. The number of nitrogens with zero attached hydrogens (tertiary/aromatic N) is 1. The van der Waals surface area contributed by atoms with Crippen LogP contribution in [0.5, 0.6) is 11.5 Å². The van der Waals surface area contributed by atoms with Crippen LogP contribution in [0.4, 0.5) is 0 Å². The van der Waals surface area contributed by atoms with E-state index < -0.39 is 5.41 Å². The maximum Gasteiger partial charge on any atom is 0.132 e. The third kappa shape index (κ3) is 2.07. The predicted octanol–water partition coefficient (Wildman–Crippen LogP) is 8.35. The number of rotatable bonds is 0. The van der Waals surface area contributed by atoms with Crippen molar-refractivity contribution in [1.29, 1.82) is 0 Å². The molecule has 160 valence electrons. The van der Waals surface area contributed by atoms with Gasteiger partial charge in [0.25, 0.3) is 0 Å². The highest BCUT2D eigenvalue weighted by Gasteiger charge is 2.49. The van der Waals surface area contributed by atoms with Crippen molar-refractivity contribution in [3.8, 4) is 17.2 Å². The van der Waals surface area contributed by atoms with Crippen molar-refractivity contribution in [3.63, 3.8) is 0 Å². The molecule has 0 bridgehead atoms. The largest absolute Gasteiger partial charge is 0.457 e. The van der Waals surface area contributed by atoms with Crippen LogP contribution in [0.15, 0.2) is 114 Å². The normalized spacial score (nSPS) is 14.5. The van der Waals surface area contributed by atoms with E-state index in [4.69, 9.17) is 4.74 Å². The van der Waals surface area contributed by atoms with Gasteiger partial charge in [-0.3, -0.25) is 0 Å². The van der Waals surface area contributed by atoms with E-state index in [-0.39, 0.29) is 0 Å². The molecule has 0 N–H and O–H groups in total. The fourth-order valence-electron chi connectivity index (χ4n) is 6.30. The number of para-hydroxylation sites is 4. The van der Waals surface area contributed by atoms with Crippen LogP contribution < -0.4 is 4.74 Å². The van der Waals surface area contributed by atoms with E-state index in [1.54, 1.807) is 0 Å². The molecule has 0 unspecified atom stereocenters. The first-order valence-corrected chi connectivity index (χ1v) is 12.3. The molecule has 6 aromatic rings. The van der Waals surface area contributed by atoms with Crippen molar-refractivity contribution in [2.75, 3.05) is 0 Å². The molecule has 0 amide bonds. The summed E-state index contributed by atoms with van der Waals surface area (Å²) in [5.74, 6) is 1.83. The molecule has 0 saturated heterocycles. The van der Waals surface area contributed by atoms with Gasteiger partial charge in [-0.15, -0.1) is 0 Å². The van der Waals surface area contributed by atoms with Crippen LogP contribution in [-0.2, 0) is 5.41 Å². The van der Waals surface area contributed by atoms with E-state index >= 15 is 0 Å². The summed E-state index contributed by atoms with van der Waals surface area (Å²) in [5.41, 5.74) is 8.16. The molecular weight excluding hydrogens is 482 g/mol. The third-order valence-electron chi connectivity index (χ3n) is 7.51. The second-order valence-corrected chi connectivity index (χ2v) is 9.98. The Morgan fingerprint density at radius 2 is 1.24 bits per heavy atom. The lowest BCUT2D eigenvalue weighted by Crippen LogP contribution is -2.37. The molecule has 0 saturated carbocycles. The molecule has 5 aromatic carbocycles. The van der Waals surface area contributed by atoms with Crippen molar-refractivity contribution < 1.29 is 4.74 Å². The zero-order chi connectivity index (χ0) is 22.4. The Balaban J connectivity index is 1.69. The minimum atomic E-state index is -0.469. The average molecular weight is 500 g/mol. The first kappa shape index (κ1) is 18.6. The van der Waals surface area contributed by atoms with Gasteiger partial charge < -0.3 is 9.30 Å². The zero-order valence-corrected chi connectivity index (χ0v) is 19.7. The fraction of sp³-hybridized carbons (Fsp3) is 0.0323. The Bertz CT molecular complexity index is 1770. The monoisotopic (exact) mass is 499 g/mol. The first-order chi connectivity index (χ1) is 16.8. The molecule has 8 rings (SSSR count). The van der Waals surface area contributed by atoms with Gasteiger partial charge in [-0.25, -0.2) is 0 Å². The lowest BCUT2D eigenvalue weighted by molar-refractivity contribution is 0.434. The second-order valence-electron chi connectivity index (χ2n) is 9.06. The van der Waals surface area contributed by atoms with Crippen molar-refractivity contribution in [3.05, 3.63) is 136 Å². The summed E-state index contributed by atoms with van der Waals surface area (Å²) in [6.45, 7) is 0. The predicted molar refractivity (Wildman–Crippen MR) is 140 cm³/mol. The van der Waals surface area contributed by atoms with E-state index in [1.807, 2.05) is 0 Å². The highest BCUT2D eigenvalue weighted by molar-refractivity contribution is 9.10. The molecule has 2 nitrogen and oxygen atoms in total. The van der Waals surface area contributed by atoms with Gasteiger partial charge in [0.15, 0.2) is 0 Å². The Labute approximate surface area is 205 Å². The van der Waals surface area contributed by atoms with Crippen LogP contribution in [0.2, 0.25) is 0 Å².